The van der Waals surface area contributed by atoms with Crippen molar-refractivity contribution in [2.75, 3.05) is 6.54 Å². The highest BCUT2D eigenvalue weighted by Crippen LogP contribution is 2.25. The van der Waals surface area contributed by atoms with Crippen LogP contribution in [0.3, 0.4) is 0 Å². The zero-order valence-corrected chi connectivity index (χ0v) is 19.8. The van der Waals surface area contributed by atoms with E-state index in [1.165, 1.54) is 19.3 Å². The van der Waals surface area contributed by atoms with Gasteiger partial charge in [0.25, 0.3) is 0 Å². The van der Waals surface area contributed by atoms with Gasteiger partial charge in [-0.25, -0.2) is 0 Å². The standard InChI is InChI=1S/C19H26Cl2N6.HI/c1-13(15-9-8-14(20)12-16(15)21)24-19(22)23-10-5-7-18-26-25-17-6-3-2-4-11-27(17)18;/h8-9,12-13H,2-7,10-11H2,1H3,(H3,22,23,24);1H. The predicted molar refractivity (Wildman–Crippen MR) is 126 cm³/mol. The quantitative estimate of drug-likeness (QED) is 0.246. The zero-order chi connectivity index (χ0) is 19.2. The van der Waals surface area contributed by atoms with E-state index in [9.17, 15) is 0 Å². The van der Waals surface area contributed by atoms with Gasteiger partial charge in [0, 0.05) is 36.0 Å². The van der Waals surface area contributed by atoms with Crippen molar-refractivity contribution >= 4 is 53.1 Å². The highest BCUT2D eigenvalue weighted by molar-refractivity contribution is 14.0. The summed E-state index contributed by atoms with van der Waals surface area (Å²) in [5.41, 5.74) is 6.95. The summed E-state index contributed by atoms with van der Waals surface area (Å²) in [4.78, 5) is 4.42. The number of aliphatic imine (C=N–C) groups is 1. The van der Waals surface area contributed by atoms with Gasteiger partial charge in [-0.05, 0) is 43.9 Å². The van der Waals surface area contributed by atoms with Gasteiger partial charge >= 0.3 is 0 Å². The Hall–Kier alpha value is -1.06. The summed E-state index contributed by atoms with van der Waals surface area (Å²) in [6.07, 6.45) is 6.47. The van der Waals surface area contributed by atoms with Gasteiger partial charge < -0.3 is 15.6 Å². The number of aromatic nitrogens is 3. The zero-order valence-electron chi connectivity index (χ0n) is 16.0. The molecule has 3 N–H and O–H groups in total. The molecule has 0 amide bonds. The molecule has 0 saturated heterocycles. The summed E-state index contributed by atoms with van der Waals surface area (Å²) in [7, 11) is 0. The molecule has 28 heavy (non-hydrogen) atoms. The Morgan fingerprint density at radius 1 is 1.29 bits per heavy atom. The molecule has 1 atom stereocenters. The number of hydrogen-bond donors (Lipinski definition) is 2. The van der Waals surface area contributed by atoms with Crippen LogP contribution in [-0.2, 0) is 19.4 Å². The van der Waals surface area contributed by atoms with E-state index in [-0.39, 0.29) is 30.0 Å². The number of nitrogens with one attached hydrogen (secondary N) is 1. The van der Waals surface area contributed by atoms with Crippen molar-refractivity contribution in [1.82, 2.24) is 20.1 Å². The lowest BCUT2D eigenvalue weighted by Gasteiger charge is -2.16. The van der Waals surface area contributed by atoms with Crippen LogP contribution in [0.1, 0.15) is 55.9 Å². The third-order valence-electron chi connectivity index (χ3n) is 4.82. The van der Waals surface area contributed by atoms with Crippen molar-refractivity contribution < 1.29 is 0 Å². The summed E-state index contributed by atoms with van der Waals surface area (Å²) in [6.45, 7) is 3.66. The second-order valence-electron chi connectivity index (χ2n) is 6.90. The number of guanidine groups is 1. The molecule has 1 unspecified atom stereocenters. The first-order valence-corrected chi connectivity index (χ1v) is 10.2. The molecule has 6 nitrogen and oxygen atoms in total. The summed E-state index contributed by atoms with van der Waals surface area (Å²) >= 11 is 12.2. The molecule has 3 rings (SSSR count). The SMILES string of the molecule is CC(NC(N)=NCCCc1nnc2n1CCCCC2)c1ccc(Cl)cc1Cl.I. The van der Waals surface area contributed by atoms with Crippen molar-refractivity contribution in [3.63, 3.8) is 0 Å². The number of aryl methyl sites for hydroxylation is 2. The first-order chi connectivity index (χ1) is 13.0. The molecule has 1 aliphatic heterocycles. The van der Waals surface area contributed by atoms with E-state index in [4.69, 9.17) is 28.9 Å². The average molecular weight is 537 g/mol. The van der Waals surface area contributed by atoms with Crippen LogP contribution in [0.25, 0.3) is 0 Å². The fourth-order valence-electron chi connectivity index (χ4n) is 3.36. The highest BCUT2D eigenvalue weighted by atomic mass is 127. The molecule has 0 radical (unpaired) electrons. The van der Waals surface area contributed by atoms with Gasteiger partial charge in [0.05, 0.1) is 6.04 Å². The normalized spacial score (nSPS) is 15.3. The van der Waals surface area contributed by atoms with Crippen LogP contribution in [0.2, 0.25) is 10.0 Å². The van der Waals surface area contributed by atoms with Crippen LogP contribution in [0.5, 0.6) is 0 Å². The molecule has 1 aliphatic rings. The number of benzene rings is 1. The van der Waals surface area contributed by atoms with Crippen molar-refractivity contribution in [1.29, 1.82) is 0 Å². The van der Waals surface area contributed by atoms with Gasteiger partial charge in [0.2, 0.25) is 0 Å². The van der Waals surface area contributed by atoms with Gasteiger partial charge in [0.15, 0.2) is 5.96 Å². The van der Waals surface area contributed by atoms with Crippen molar-refractivity contribution in [3.05, 3.63) is 45.5 Å². The smallest absolute Gasteiger partial charge is 0.189 e. The summed E-state index contributed by atoms with van der Waals surface area (Å²) in [5, 5.41) is 13.1. The molecule has 154 valence electrons. The summed E-state index contributed by atoms with van der Waals surface area (Å²) in [5.74, 6) is 2.60. The predicted octanol–water partition coefficient (Wildman–Crippen LogP) is 4.53. The molecule has 0 bridgehead atoms. The largest absolute Gasteiger partial charge is 0.370 e. The average Bonchev–Trinajstić information content (AvgIpc) is 2.85. The highest BCUT2D eigenvalue weighted by Gasteiger charge is 2.14. The van der Waals surface area contributed by atoms with E-state index in [0.29, 0.717) is 22.5 Å². The molecule has 0 fully saturated rings. The number of nitrogens with two attached hydrogens (primary N) is 1. The molecule has 2 heterocycles. The van der Waals surface area contributed by atoms with Gasteiger partial charge in [-0.3, -0.25) is 4.99 Å². The van der Waals surface area contributed by atoms with Gasteiger partial charge in [-0.2, -0.15) is 0 Å². The van der Waals surface area contributed by atoms with Crippen LogP contribution in [0.15, 0.2) is 23.2 Å². The van der Waals surface area contributed by atoms with Gasteiger partial charge in [0.1, 0.15) is 11.6 Å². The van der Waals surface area contributed by atoms with E-state index in [1.54, 1.807) is 6.07 Å². The first-order valence-electron chi connectivity index (χ1n) is 9.47. The first kappa shape index (κ1) is 23.2. The topological polar surface area (TPSA) is 81.1 Å². The molecule has 1 aromatic carbocycles. The summed E-state index contributed by atoms with van der Waals surface area (Å²) < 4.78 is 2.28. The molecule has 1 aromatic heterocycles. The van der Waals surface area contributed by atoms with E-state index in [0.717, 1.165) is 43.0 Å². The fraction of sp³-hybridized carbons (Fsp3) is 0.526. The fourth-order valence-corrected chi connectivity index (χ4v) is 3.94. The van der Waals surface area contributed by atoms with Crippen LogP contribution < -0.4 is 11.1 Å². The van der Waals surface area contributed by atoms with Crippen LogP contribution in [-0.4, -0.2) is 27.3 Å². The lowest BCUT2D eigenvalue weighted by atomic mass is 10.1. The van der Waals surface area contributed by atoms with E-state index < -0.39 is 0 Å². The molecule has 9 heteroatoms. The number of rotatable bonds is 6. The van der Waals surface area contributed by atoms with Crippen molar-refractivity contribution in [2.24, 2.45) is 10.7 Å². The summed E-state index contributed by atoms with van der Waals surface area (Å²) in [6, 6.07) is 5.39. The van der Waals surface area contributed by atoms with E-state index in [2.05, 4.69) is 25.1 Å². The Balaban J connectivity index is 0.00000280. The molecular weight excluding hydrogens is 510 g/mol. The second kappa shape index (κ2) is 11.2. The Kier molecular flexibility index (Phi) is 9.30. The second-order valence-corrected chi connectivity index (χ2v) is 7.74. The molecular formula is C19H27Cl2IN6. The number of halogens is 3. The maximum Gasteiger partial charge on any atom is 0.189 e. The van der Waals surface area contributed by atoms with Crippen LogP contribution in [0, 0.1) is 0 Å². The minimum Gasteiger partial charge on any atom is -0.370 e. The Morgan fingerprint density at radius 3 is 2.89 bits per heavy atom. The Labute approximate surface area is 193 Å². The monoisotopic (exact) mass is 536 g/mol. The molecule has 0 saturated carbocycles. The number of fused-ring (bicyclic) bond motifs is 1. The Bertz CT molecular complexity index is 808. The minimum absolute atomic E-state index is 0. The minimum atomic E-state index is -0.0502. The molecule has 0 aliphatic carbocycles. The maximum atomic E-state index is 6.24. The number of hydrogen-bond acceptors (Lipinski definition) is 3. The Morgan fingerprint density at radius 2 is 2.11 bits per heavy atom. The lowest BCUT2D eigenvalue weighted by molar-refractivity contribution is 0.597. The third-order valence-corrected chi connectivity index (χ3v) is 5.38. The lowest BCUT2D eigenvalue weighted by Crippen LogP contribution is -2.34. The maximum absolute atomic E-state index is 6.24. The molecule has 0 spiro atoms. The van der Waals surface area contributed by atoms with Crippen molar-refractivity contribution in [2.45, 2.75) is 58.0 Å². The van der Waals surface area contributed by atoms with E-state index >= 15 is 0 Å². The third kappa shape index (κ3) is 6.22. The van der Waals surface area contributed by atoms with E-state index in [1.807, 2.05) is 19.1 Å². The number of nitrogens with zero attached hydrogens (tertiary/aromatic N) is 4. The van der Waals surface area contributed by atoms with Crippen LogP contribution in [0.4, 0.5) is 0 Å². The molecule has 2 aromatic rings. The van der Waals surface area contributed by atoms with Crippen LogP contribution >= 0.6 is 47.2 Å². The van der Waals surface area contributed by atoms with Crippen molar-refractivity contribution in [3.8, 4) is 0 Å². The van der Waals surface area contributed by atoms with Gasteiger partial charge in [-0.1, -0.05) is 35.7 Å². The van der Waals surface area contributed by atoms with Gasteiger partial charge in [-0.15, -0.1) is 34.2 Å².